The van der Waals surface area contributed by atoms with Crippen LogP contribution in [0.3, 0.4) is 0 Å². The van der Waals surface area contributed by atoms with E-state index in [9.17, 15) is 4.79 Å². The number of amides is 1. The number of anilines is 1. The molecule has 2 heterocycles. The molecule has 0 fully saturated rings. The molecule has 98 valence electrons. The number of carbonyl (C=O) groups is 1. The predicted molar refractivity (Wildman–Crippen MR) is 79.5 cm³/mol. The van der Waals surface area contributed by atoms with Crippen molar-refractivity contribution >= 4 is 23.2 Å². The van der Waals surface area contributed by atoms with Crippen LogP contribution in [0.5, 0.6) is 0 Å². The Bertz CT molecular complexity index is 718. The number of fused-ring (bicyclic) bond motifs is 1. The average Bonchev–Trinajstić information content (AvgIpc) is 2.68. The normalized spacial score (nSPS) is 13.4. The van der Waals surface area contributed by atoms with Gasteiger partial charge >= 0.3 is 0 Å². The zero-order chi connectivity index (χ0) is 13.9. The van der Waals surface area contributed by atoms with E-state index < -0.39 is 5.91 Å². The monoisotopic (exact) mass is 263 g/mol. The van der Waals surface area contributed by atoms with Gasteiger partial charge in [-0.05, 0) is 29.8 Å². The maximum Gasteiger partial charge on any atom is 0.265 e. The molecule has 4 heteroatoms. The lowest BCUT2D eigenvalue weighted by atomic mass is 10.1. The highest BCUT2D eigenvalue weighted by atomic mass is 16.1. The van der Waals surface area contributed by atoms with E-state index in [2.05, 4.69) is 10.3 Å². The molecule has 0 aliphatic carbocycles. The van der Waals surface area contributed by atoms with E-state index in [1.165, 1.54) is 0 Å². The Balaban J connectivity index is 2.17. The van der Waals surface area contributed by atoms with Crippen LogP contribution in [0, 0.1) is 0 Å². The number of hydrogen-bond donors (Lipinski definition) is 2. The van der Waals surface area contributed by atoms with Gasteiger partial charge < -0.3 is 11.1 Å². The van der Waals surface area contributed by atoms with Crippen molar-refractivity contribution in [3.05, 3.63) is 71.7 Å². The Hall–Kier alpha value is -2.88. The number of para-hydroxylation sites is 1. The number of nitrogens with zero attached hydrogens (tertiary/aromatic N) is 1. The molecule has 0 spiro atoms. The molecule has 1 aliphatic heterocycles. The molecule has 0 radical (unpaired) electrons. The van der Waals surface area contributed by atoms with E-state index in [1.54, 1.807) is 6.20 Å². The van der Waals surface area contributed by atoms with Crippen LogP contribution < -0.4 is 11.1 Å². The van der Waals surface area contributed by atoms with Crippen molar-refractivity contribution in [2.45, 2.75) is 0 Å². The van der Waals surface area contributed by atoms with Crippen LogP contribution >= 0.6 is 0 Å². The minimum Gasteiger partial charge on any atom is -0.364 e. The number of aromatic nitrogens is 1. The van der Waals surface area contributed by atoms with E-state index >= 15 is 0 Å². The first-order valence-electron chi connectivity index (χ1n) is 6.25. The first-order valence-corrected chi connectivity index (χ1v) is 6.25. The minimum atomic E-state index is -0.507. The number of nitrogens with one attached hydrogen (secondary N) is 1. The van der Waals surface area contributed by atoms with Gasteiger partial charge in [0, 0.05) is 17.5 Å². The highest BCUT2D eigenvalue weighted by Gasteiger charge is 2.17. The molecule has 0 unspecified atom stereocenters. The third kappa shape index (κ3) is 2.19. The Kier molecular flexibility index (Phi) is 3.05. The summed E-state index contributed by atoms with van der Waals surface area (Å²) in [4.78, 5) is 16.0. The summed E-state index contributed by atoms with van der Waals surface area (Å²) in [5.74, 6) is -0.507. The zero-order valence-corrected chi connectivity index (χ0v) is 10.7. The van der Waals surface area contributed by atoms with Crippen molar-refractivity contribution in [1.29, 1.82) is 0 Å². The van der Waals surface area contributed by atoms with E-state index in [4.69, 9.17) is 5.73 Å². The number of benzene rings is 1. The first-order chi connectivity index (χ1) is 9.75. The van der Waals surface area contributed by atoms with Gasteiger partial charge in [0.15, 0.2) is 0 Å². The molecule has 1 aliphatic rings. The number of carbonyl (C=O) groups excluding carboxylic acids is 1. The van der Waals surface area contributed by atoms with Gasteiger partial charge in [-0.25, -0.2) is 0 Å². The molecule has 0 saturated carbocycles. The summed E-state index contributed by atoms with van der Waals surface area (Å²) in [6.45, 7) is 0. The van der Waals surface area contributed by atoms with Crippen LogP contribution in [0.15, 0.2) is 60.4 Å². The number of primary amides is 1. The molecule has 4 nitrogen and oxygen atoms in total. The van der Waals surface area contributed by atoms with Gasteiger partial charge in [0.25, 0.3) is 5.91 Å². The third-order valence-corrected chi connectivity index (χ3v) is 3.11. The lowest BCUT2D eigenvalue weighted by Crippen LogP contribution is -2.21. The molecular weight excluding hydrogens is 250 g/mol. The Morgan fingerprint density at radius 3 is 2.60 bits per heavy atom. The van der Waals surface area contributed by atoms with Crippen LogP contribution in [-0.4, -0.2) is 10.9 Å². The smallest absolute Gasteiger partial charge is 0.265 e. The fourth-order valence-corrected chi connectivity index (χ4v) is 2.14. The topological polar surface area (TPSA) is 68.0 Å². The number of nitrogens with two attached hydrogens (primary N) is 1. The highest BCUT2D eigenvalue weighted by molar-refractivity contribution is 6.06. The van der Waals surface area contributed by atoms with Crippen molar-refractivity contribution in [3.63, 3.8) is 0 Å². The summed E-state index contributed by atoms with van der Waals surface area (Å²) in [5.41, 5.74) is 9.10. The second-order valence-corrected chi connectivity index (χ2v) is 4.41. The molecule has 3 N–H and O–H groups in total. The largest absolute Gasteiger partial charge is 0.364 e. The van der Waals surface area contributed by atoms with Gasteiger partial charge in [-0.1, -0.05) is 30.3 Å². The van der Waals surface area contributed by atoms with Gasteiger partial charge in [-0.2, -0.15) is 0 Å². The standard InChI is InChI=1S/C16H13N3O/c17-16(20)15-12(14-7-3-4-10-18-14)9-8-11-5-1-2-6-13(11)19-15/h1-10,19H,(H2,17,20). The van der Waals surface area contributed by atoms with Gasteiger partial charge in [-0.3, -0.25) is 9.78 Å². The van der Waals surface area contributed by atoms with Crippen LogP contribution in [-0.2, 0) is 4.79 Å². The summed E-state index contributed by atoms with van der Waals surface area (Å²) in [5, 5.41) is 3.11. The molecule has 20 heavy (non-hydrogen) atoms. The number of pyridine rings is 1. The average molecular weight is 263 g/mol. The van der Waals surface area contributed by atoms with Crippen molar-refractivity contribution < 1.29 is 4.79 Å². The SMILES string of the molecule is NC(=O)C1=C(c2ccccn2)C=Cc2ccccc2N1. The maximum atomic E-state index is 11.7. The van der Waals surface area contributed by atoms with Crippen LogP contribution in [0.25, 0.3) is 11.6 Å². The number of allylic oxidation sites excluding steroid dienone is 2. The zero-order valence-electron chi connectivity index (χ0n) is 10.7. The van der Waals surface area contributed by atoms with Crippen molar-refractivity contribution in [2.24, 2.45) is 5.73 Å². The van der Waals surface area contributed by atoms with Gasteiger partial charge in [0.05, 0.1) is 5.69 Å². The molecular formula is C16H13N3O. The number of rotatable bonds is 2. The lowest BCUT2D eigenvalue weighted by Gasteiger charge is -2.11. The Morgan fingerprint density at radius 2 is 1.85 bits per heavy atom. The molecule has 1 amide bonds. The number of hydrogen-bond acceptors (Lipinski definition) is 3. The van der Waals surface area contributed by atoms with Crippen molar-refractivity contribution in [3.8, 4) is 0 Å². The summed E-state index contributed by atoms with van der Waals surface area (Å²) in [6, 6.07) is 13.3. The summed E-state index contributed by atoms with van der Waals surface area (Å²) in [7, 11) is 0. The molecule has 0 atom stereocenters. The van der Waals surface area contributed by atoms with E-state index in [-0.39, 0.29) is 0 Å². The maximum absolute atomic E-state index is 11.7. The Morgan fingerprint density at radius 1 is 1.05 bits per heavy atom. The third-order valence-electron chi connectivity index (χ3n) is 3.11. The molecule has 0 saturated heterocycles. The fourth-order valence-electron chi connectivity index (χ4n) is 2.14. The summed E-state index contributed by atoms with van der Waals surface area (Å²) >= 11 is 0. The van der Waals surface area contributed by atoms with E-state index in [0.29, 0.717) is 17.0 Å². The second kappa shape index (κ2) is 5.01. The van der Waals surface area contributed by atoms with Crippen LogP contribution in [0.2, 0.25) is 0 Å². The minimum absolute atomic E-state index is 0.352. The van der Waals surface area contributed by atoms with Gasteiger partial charge in [-0.15, -0.1) is 0 Å². The Labute approximate surface area is 116 Å². The van der Waals surface area contributed by atoms with Gasteiger partial charge in [0.2, 0.25) is 0 Å². The molecule has 3 rings (SSSR count). The molecule has 1 aromatic carbocycles. The van der Waals surface area contributed by atoms with Crippen LogP contribution in [0.1, 0.15) is 11.3 Å². The first kappa shape index (κ1) is 12.2. The van der Waals surface area contributed by atoms with Crippen molar-refractivity contribution in [2.75, 3.05) is 5.32 Å². The van der Waals surface area contributed by atoms with Crippen molar-refractivity contribution in [1.82, 2.24) is 4.98 Å². The lowest BCUT2D eigenvalue weighted by molar-refractivity contribution is -0.114. The second-order valence-electron chi connectivity index (χ2n) is 4.41. The summed E-state index contributed by atoms with van der Waals surface area (Å²) < 4.78 is 0. The molecule has 1 aromatic heterocycles. The predicted octanol–water partition coefficient (Wildman–Crippen LogP) is 2.42. The fraction of sp³-hybridized carbons (Fsp3) is 0. The quantitative estimate of drug-likeness (QED) is 0.874. The van der Waals surface area contributed by atoms with E-state index in [1.807, 2.05) is 54.6 Å². The highest BCUT2D eigenvalue weighted by Crippen LogP contribution is 2.28. The summed E-state index contributed by atoms with van der Waals surface area (Å²) in [6.07, 6.45) is 5.50. The molecule has 0 bridgehead atoms. The molecule has 2 aromatic rings. The van der Waals surface area contributed by atoms with E-state index in [0.717, 1.165) is 11.3 Å². The van der Waals surface area contributed by atoms with Gasteiger partial charge in [0.1, 0.15) is 5.70 Å². The van der Waals surface area contributed by atoms with Crippen LogP contribution in [0.4, 0.5) is 5.69 Å².